The molecule has 0 fully saturated rings. The summed E-state index contributed by atoms with van der Waals surface area (Å²) in [6.45, 7) is 0. The zero-order valence-corrected chi connectivity index (χ0v) is 28.8. The van der Waals surface area contributed by atoms with E-state index in [0.717, 1.165) is 0 Å². The average molecular weight is 696 g/mol. The molecular weight excluding hydrogens is 661 g/mol. The first-order valence-corrected chi connectivity index (χ1v) is 18.9. The van der Waals surface area contributed by atoms with Crippen LogP contribution in [-0.2, 0) is 14.6 Å². The SMILES string of the molecule is [Cl][Ni].[c-]1ccccc1.c1ccc(P(c2ccccc2)c2ccccc2)cc1.c1ccc(P(c2ccccc2)c2ccccc2)cc1. The van der Waals surface area contributed by atoms with Crippen LogP contribution in [0.5, 0.6) is 0 Å². The standard InChI is InChI=1S/2C18H15P.C6H5.ClH.Ni/c2*1-4-10-16(11-5-1)19(17-12-6-2-7-13-17)18-14-8-3-9-15-18;1-2-4-6-5-3-1;;/h2*1-15H;1-5H;1H;/q;;-1;;+1/p-1. The molecule has 7 rings (SSSR count). The molecule has 0 unspecified atom stereocenters. The first-order chi connectivity index (χ1) is 22.9. The van der Waals surface area contributed by atoms with Gasteiger partial charge in [-0.05, 0) is 47.7 Å². The normalized spacial score (nSPS) is 9.93. The Balaban J connectivity index is 0.000000169. The molecule has 0 aliphatic carbocycles. The van der Waals surface area contributed by atoms with Crippen molar-refractivity contribution < 1.29 is 14.6 Å². The summed E-state index contributed by atoms with van der Waals surface area (Å²) < 4.78 is 0. The Morgan fingerprint density at radius 3 is 0.587 bits per heavy atom. The van der Waals surface area contributed by atoms with Crippen molar-refractivity contribution in [1.82, 2.24) is 0 Å². The van der Waals surface area contributed by atoms with E-state index in [-0.39, 0.29) is 0 Å². The van der Waals surface area contributed by atoms with Gasteiger partial charge in [0.25, 0.3) is 0 Å². The second-order valence-corrected chi connectivity index (χ2v) is 14.2. The molecule has 0 radical (unpaired) electrons. The Bertz CT molecular complexity index is 1390. The van der Waals surface area contributed by atoms with Gasteiger partial charge < -0.3 is 0 Å². The third kappa shape index (κ3) is 11.2. The first-order valence-electron chi connectivity index (χ1n) is 14.8. The predicted octanol–water partition coefficient (Wildman–Crippen LogP) is 9.06. The fraction of sp³-hybridized carbons (Fsp3) is 0. The average Bonchev–Trinajstić information content (AvgIpc) is 3.17. The van der Waals surface area contributed by atoms with E-state index in [1.54, 1.807) is 0 Å². The summed E-state index contributed by atoms with van der Waals surface area (Å²) in [6.07, 6.45) is 0. The van der Waals surface area contributed by atoms with Gasteiger partial charge in [-0.25, -0.2) is 0 Å². The van der Waals surface area contributed by atoms with E-state index in [1.165, 1.54) is 31.8 Å². The first kappa shape index (κ1) is 35.0. The van der Waals surface area contributed by atoms with Crippen LogP contribution < -0.4 is 31.8 Å². The fourth-order valence-corrected chi connectivity index (χ4v) is 9.31. The summed E-state index contributed by atoms with van der Waals surface area (Å²) in [7, 11) is 3.37. The van der Waals surface area contributed by atoms with Crippen molar-refractivity contribution in [3.63, 3.8) is 0 Å². The van der Waals surface area contributed by atoms with Crippen LogP contribution in [0.2, 0.25) is 0 Å². The van der Waals surface area contributed by atoms with Crippen LogP contribution in [0.15, 0.2) is 212 Å². The molecule has 231 valence electrons. The van der Waals surface area contributed by atoms with Crippen molar-refractivity contribution in [1.29, 1.82) is 0 Å². The van der Waals surface area contributed by atoms with Gasteiger partial charge in [0.15, 0.2) is 0 Å². The number of rotatable bonds is 6. The maximum absolute atomic E-state index is 4.26. The van der Waals surface area contributed by atoms with Crippen LogP contribution >= 0.6 is 26.0 Å². The van der Waals surface area contributed by atoms with Crippen LogP contribution in [0.25, 0.3) is 0 Å². The van der Waals surface area contributed by atoms with Crippen LogP contribution in [0.1, 0.15) is 0 Å². The van der Waals surface area contributed by atoms with Crippen molar-refractivity contribution in [3.8, 4) is 0 Å². The second-order valence-electron chi connectivity index (χ2n) is 9.76. The molecule has 0 spiro atoms. The zero-order chi connectivity index (χ0) is 32.1. The molecule has 0 bridgehead atoms. The van der Waals surface area contributed by atoms with E-state index in [2.05, 4.69) is 213 Å². The Morgan fingerprint density at radius 1 is 0.283 bits per heavy atom. The summed E-state index contributed by atoms with van der Waals surface area (Å²) in [5, 5.41) is 8.39. The summed E-state index contributed by atoms with van der Waals surface area (Å²) in [4.78, 5) is 0. The summed E-state index contributed by atoms with van der Waals surface area (Å²) in [5.41, 5.74) is 0. The molecule has 0 aliphatic rings. The van der Waals surface area contributed by atoms with Crippen LogP contribution in [0, 0.1) is 6.07 Å². The topological polar surface area (TPSA) is 0 Å². The van der Waals surface area contributed by atoms with E-state index in [4.69, 9.17) is 0 Å². The number of halogens is 1. The van der Waals surface area contributed by atoms with Crippen molar-refractivity contribution in [2.45, 2.75) is 0 Å². The Kier molecular flexibility index (Phi) is 16.0. The molecule has 0 atom stereocenters. The number of hydrogen-bond donors (Lipinski definition) is 0. The van der Waals surface area contributed by atoms with Crippen molar-refractivity contribution >= 4 is 57.9 Å². The van der Waals surface area contributed by atoms with Gasteiger partial charge in [0, 0.05) is 0 Å². The minimum absolute atomic E-state index is 0.446. The van der Waals surface area contributed by atoms with Gasteiger partial charge >= 0.3 is 24.8 Å². The van der Waals surface area contributed by atoms with E-state index in [1.807, 2.05) is 30.3 Å². The third-order valence-corrected chi connectivity index (χ3v) is 11.6. The van der Waals surface area contributed by atoms with Gasteiger partial charge in [0.1, 0.15) is 0 Å². The molecule has 46 heavy (non-hydrogen) atoms. The smallest absolute Gasteiger partial charge is 0.0134 e. The zero-order valence-electron chi connectivity index (χ0n) is 25.3. The Hall–Kier alpha value is -3.82. The van der Waals surface area contributed by atoms with Gasteiger partial charge in [-0.2, -0.15) is 36.4 Å². The number of benzene rings is 7. The fourth-order valence-electron chi connectivity index (χ4n) is 4.70. The quantitative estimate of drug-likeness (QED) is 0.0926. The van der Waals surface area contributed by atoms with Crippen LogP contribution in [0.3, 0.4) is 0 Å². The van der Waals surface area contributed by atoms with Gasteiger partial charge in [-0.1, -0.05) is 182 Å². The Morgan fingerprint density at radius 2 is 0.457 bits per heavy atom. The summed E-state index contributed by atoms with van der Waals surface area (Å²) in [5.74, 6) is 0. The molecule has 0 heterocycles. The third-order valence-electron chi connectivity index (χ3n) is 6.69. The maximum Gasteiger partial charge on any atom is -0.0134 e. The Labute approximate surface area is 289 Å². The molecule has 0 aromatic heterocycles. The van der Waals surface area contributed by atoms with Gasteiger partial charge in [-0.3, -0.25) is 0 Å². The minimum Gasteiger partial charge on any atom is -0.184 e. The van der Waals surface area contributed by atoms with Crippen molar-refractivity contribution in [2.75, 3.05) is 0 Å². The molecule has 0 saturated carbocycles. The van der Waals surface area contributed by atoms with E-state index >= 15 is 0 Å². The summed E-state index contributed by atoms with van der Waals surface area (Å²) in [6, 6.07) is 77.2. The predicted molar refractivity (Wildman–Crippen MR) is 201 cm³/mol. The van der Waals surface area contributed by atoms with E-state index in [0.29, 0.717) is 0 Å². The molecule has 0 amide bonds. The monoisotopic (exact) mass is 694 g/mol. The summed E-state index contributed by atoms with van der Waals surface area (Å²) >= 11 is 3.35. The molecule has 7 aromatic rings. The van der Waals surface area contributed by atoms with Crippen LogP contribution in [-0.4, -0.2) is 0 Å². The van der Waals surface area contributed by atoms with Gasteiger partial charge in [-0.15, -0.1) is 0 Å². The molecular formula is C42H35ClNiP2-. The molecule has 7 aromatic carbocycles. The van der Waals surface area contributed by atoms with Crippen molar-refractivity contribution in [3.05, 3.63) is 218 Å². The van der Waals surface area contributed by atoms with Crippen LogP contribution in [0.4, 0.5) is 0 Å². The number of hydrogen-bond acceptors (Lipinski definition) is 0. The molecule has 0 saturated heterocycles. The molecule has 0 aliphatic heterocycles. The second kappa shape index (κ2) is 21.1. The van der Waals surface area contributed by atoms with E-state index in [9.17, 15) is 0 Å². The maximum atomic E-state index is 4.26. The minimum atomic E-state index is -0.446. The van der Waals surface area contributed by atoms with Crippen molar-refractivity contribution in [2.24, 2.45) is 0 Å². The molecule has 0 nitrogen and oxygen atoms in total. The molecule has 0 N–H and O–H groups in total. The molecule has 4 heteroatoms. The van der Waals surface area contributed by atoms with Gasteiger partial charge in [0.05, 0.1) is 0 Å². The van der Waals surface area contributed by atoms with Gasteiger partial charge in [0.2, 0.25) is 0 Å². The largest absolute Gasteiger partial charge is 0.184 e. The van der Waals surface area contributed by atoms with E-state index < -0.39 is 15.8 Å².